The van der Waals surface area contributed by atoms with E-state index in [-0.39, 0.29) is 23.2 Å². The topological polar surface area (TPSA) is 43.4 Å². The van der Waals surface area contributed by atoms with Gasteiger partial charge in [0.15, 0.2) is 11.5 Å². The Kier molecular flexibility index (Phi) is 3.84. The molecule has 0 saturated heterocycles. The summed E-state index contributed by atoms with van der Waals surface area (Å²) >= 11 is 11.7. The summed E-state index contributed by atoms with van der Waals surface area (Å²) < 4.78 is 5.41. The highest BCUT2D eigenvalue weighted by molar-refractivity contribution is 6.32. The summed E-state index contributed by atoms with van der Waals surface area (Å²) in [7, 11) is 0. The molecule has 0 saturated carbocycles. The van der Waals surface area contributed by atoms with Crippen molar-refractivity contribution in [1.29, 1.82) is 0 Å². The van der Waals surface area contributed by atoms with Gasteiger partial charge in [0, 0.05) is 16.7 Å². The SMILES string of the molecule is O=C1C=CC(=O)C(Oc2cccc(Cl)c2CCl)=C1. The average Bonchev–Trinajstić information content (AvgIpc) is 2.34. The van der Waals surface area contributed by atoms with Crippen LogP contribution in [0.15, 0.2) is 42.2 Å². The number of rotatable bonds is 3. The molecule has 1 aromatic carbocycles. The first-order chi connectivity index (χ1) is 8.61. The van der Waals surface area contributed by atoms with Gasteiger partial charge in [-0.05, 0) is 24.3 Å². The molecule has 0 bridgehead atoms. The molecule has 0 spiro atoms. The lowest BCUT2D eigenvalue weighted by Crippen LogP contribution is -2.13. The third-order valence-corrected chi connectivity index (χ3v) is 2.97. The second-order valence-corrected chi connectivity index (χ2v) is 4.24. The van der Waals surface area contributed by atoms with Gasteiger partial charge in [0.1, 0.15) is 5.75 Å². The minimum atomic E-state index is -0.366. The molecule has 1 aromatic rings. The van der Waals surface area contributed by atoms with E-state index in [1.807, 2.05) is 0 Å². The predicted octanol–water partition coefficient (Wildman–Crippen LogP) is 3.05. The van der Waals surface area contributed by atoms with Gasteiger partial charge in [-0.25, -0.2) is 0 Å². The van der Waals surface area contributed by atoms with E-state index in [1.54, 1.807) is 18.2 Å². The Labute approximate surface area is 114 Å². The zero-order valence-corrected chi connectivity index (χ0v) is 10.7. The maximum atomic E-state index is 11.5. The summed E-state index contributed by atoms with van der Waals surface area (Å²) in [5, 5.41) is 0.452. The van der Waals surface area contributed by atoms with Crippen molar-refractivity contribution in [2.45, 2.75) is 5.88 Å². The zero-order valence-electron chi connectivity index (χ0n) is 9.15. The van der Waals surface area contributed by atoms with Crippen LogP contribution in [-0.4, -0.2) is 11.6 Å². The van der Waals surface area contributed by atoms with Crippen molar-refractivity contribution in [3.8, 4) is 5.75 Å². The molecule has 18 heavy (non-hydrogen) atoms. The van der Waals surface area contributed by atoms with Crippen molar-refractivity contribution < 1.29 is 14.3 Å². The number of hydrogen-bond donors (Lipinski definition) is 0. The standard InChI is InChI=1S/C13H8Cl2O3/c14-7-9-10(15)2-1-3-12(9)18-13-6-8(16)4-5-11(13)17/h1-6H,7H2. The molecule has 0 amide bonds. The van der Waals surface area contributed by atoms with Crippen LogP contribution in [0.1, 0.15) is 5.56 Å². The lowest BCUT2D eigenvalue weighted by molar-refractivity contribution is -0.116. The molecule has 92 valence electrons. The van der Waals surface area contributed by atoms with Gasteiger partial charge in [-0.15, -0.1) is 11.6 Å². The molecule has 0 unspecified atom stereocenters. The van der Waals surface area contributed by atoms with Crippen LogP contribution in [0.4, 0.5) is 0 Å². The molecule has 1 aliphatic rings. The molecular formula is C13H8Cl2O3. The molecular weight excluding hydrogens is 275 g/mol. The molecule has 0 aromatic heterocycles. The highest BCUT2D eigenvalue weighted by atomic mass is 35.5. The van der Waals surface area contributed by atoms with Crippen LogP contribution in [-0.2, 0) is 15.5 Å². The maximum absolute atomic E-state index is 11.5. The fourth-order valence-corrected chi connectivity index (χ4v) is 2.03. The maximum Gasteiger partial charge on any atom is 0.221 e. The quantitative estimate of drug-likeness (QED) is 0.632. The fourth-order valence-electron chi connectivity index (χ4n) is 1.45. The molecule has 0 atom stereocenters. The van der Waals surface area contributed by atoms with Gasteiger partial charge in [-0.2, -0.15) is 0 Å². The van der Waals surface area contributed by atoms with Crippen molar-refractivity contribution in [1.82, 2.24) is 0 Å². The first-order valence-electron chi connectivity index (χ1n) is 5.11. The van der Waals surface area contributed by atoms with Crippen molar-refractivity contribution >= 4 is 34.8 Å². The molecule has 0 fully saturated rings. The van der Waals surface area contributed by atoms with Crippen molar-refractivity contribution in [2.24, 2.45) is 0 Å². The Bertz CT molecular complexity index is 574. The molecule has 0 aliphatic heterocycles. The molecule has 0 N–H and O–H groups in total. The summed E-state index contributed by atoms with van der Waals surface area (Å²) in [6.07, 6.45) is 3.50. The summed E-state index contributed by atoms with van der Waals surface area (Å²) in [5.41, 5.74) is 0.580. The zero-order chi connectivity index (χ0) is 13.1. The summed E-state index contributed by atoms with van der Waals surface area (Å²) in [5.74, 6) is -0.161. The summed E-state index contributed by atoms with van der Waals surface area (Å²) in [4.78, 5) is 22.7. The number of ketones is 2. The minimum Gasteiger partial charge on any atom is -0.453 e. The number of halogens is 2. The van der Waals surface area contributed by atoms with Gasteiger partial charge in [0.05, 0.1) is 5.88 Å². The predicted molar refractivity (Wildman–Crippen MR) is 68.9 cm³/mol. The van der Waals surface area contributed by atoms with Crippen LogP contribution in [0, 0.1) is 0 Å². The van der Waals surface area contributed by atoms with Crippen molar-refractivity contribution in [2.75, 3.05) is 0 Å². The second kappa shape index (κ2) is 5.38. The summed E-state index contributed by atoms with van der Waals surface area (Å²) in [6.45, 7) is 0. The van der Waals surface area contributed by atoms with E-state index >= 15 is 0 Å². The van der Waals surface area contributed by atoms with Crippen molar-refractivity contribution in [3.05, 3.63) is 52.8 Å². The number of carbonyl (C=O) groups excluding carboxylic acids is 2. The highest BCUT2D eigenvalue weighted by Crippen LogP contribution is 2.29. The van der Waals surface area contributed by atoms with Gasteiger partial charge in [-0.1, -0.05) is 17.7 Å². The molecule has 1 aliphatic carbocycles. The number of benzene rings is 1. The Balaban J connectivity index is 2.32. The minimum absolute atomic E-state index is 0.0314. The van der Waals surface area contributed by atoms with Crippen LogP contribution in [0.2, 0.25) is 5.02 Å². The molecule has 0 heterocycles. The molecule has 5 heteroatoms. The first kappa shape index (κ1) is 12.9. The lowest BCUT2D eigenvalue weighted by atomic mass is 10.1. The third-order valence-electron chi connectivity index (χ3n) is 2.34. The van der Waals surface area contributed by atoms with E-state index in [4.69, 9.17) is 27.9 Å². The Morgan fingerprint density at radius 3 is 2.67 bits per heavy atom. The number of allylic oxidation sites excluding steroid dienone is 3. The van der Waals surface area contributed by atoms with Crippen LogP contribution < -0.4 is 4.74 Å². The number of ether oxygens (including phenoxy) is 1. The highest BCUT2D eigenvalue weighted by Gasteiger charge is 2.17. The van der Waals surface area contributed by atoms with E-state index in [0.717, 1.165) is 6.08 Å². The van der Waals surface area contributed by atoms with E-state index in [1.165, 1.54) is 12.2 Å². The lowest BCUT2D eigenvalue weighted by Gasteiger charge is -2.12. The van der Waals surface area contributed by atoms with E-state index in [0.29, 0.717) is 16.3 Å². The summed E-state index contributed by atoms with van der Waals surface area (Å²) in [6, 6.07) is 4.99. The monoisotopic (exact) mass is 282 g/mol. The van der Waals surface area contributed by atoms with Crippen LogP contribution in [0.25, 0.3) is 0 Å². The number of alkyl halides is 1. The number of carbonyl (C=O) groups is 2. The molecule has 2 rings (SSSR count). The van der Waals surface area contributed by atoms with Crippen LogP contribution in [0.5, 0.6) is 5.75 Å². The van der Waals surface area contributed by atoms with Gasteiger partial charge >= 0.3 is 0 Å². The second-order valence-electron chi connectivity index (χ2n) is 3.56. The molecule has 3 nitrogen and oxygen atoms in total. The average molecular weight is 283 g/mol. The Morgan fingerprint density at radius 1 is 1.17 bits per heavy atom. The van der Waals surface area contributed by atoms with E-state index in [2.05, 4.69) is 0 Å². The van der Waals surface area contributed by atoms with Gasteiger partial charge < -0.3 is 4.74 Å². The Morgan fingerprint density at radius 2 is 1.94 bits per heavy atom. The normalized spacial score (nSPS) is 14.7. The van der Waals surface area contributed by atoms with Crippen molar-refractivity contribution in [3.63, 3.8) is 0 Å². The largest absolute Gasteiger partial charge is 0.453 e. The first-order valence-corrected chi connectivity index (χ1v) is 6.02. The van der Waals surface area contributed by atoms with E-state index < -0.39 is 0 Å². The van der Waals surface area contributed by atoms with Gasteiger partial charge in [-0.3, -0.25) is 9.59 Å². The van der Waals surface area contributed by atoms with Crippen LogP contribution >= 0.6 is 23.2 Å². The third kappa shape index (κ3) is 2.63. The smallest absolute Gasteiger partial charge is 0.221 e. The number of hydrogen-bond acceptors (Lipinski definition) is 3. The van der Waals surface area contributed by atoms with Gasteiger partial charge in [0.2, 0.25) is 5.78 Å². The fraction of sp³-hybridized carbons (Fsp3) is 0.0769. The van der Waals surface area contributed by atoms with Gasteiger partial charge in [0.25, 0.3) is 0 Å². The van der Waals surface area contributed by atoms with E-state index in [9.17, 15) is 9.59 Å². The Hall–Kier alpha value is -1.58. The molecule has 0 radical (unpaired) electrons. The van der Waals surface area contributed by atoms with Crippen LogP contribution in [0.3, 0.4) is 0 Å².